The molecule has 1 rings (SSSR count). The number of benzene rings is 1. The van der Waals surface area contributed by atoms with E-state index >= 15 is 0 Å². The van der Waals surface area contributed by atoms with E-state index < -0.39 is 8.07 Å². The van der Waals surface area contributed by atoms with Gasteiger partial charge in [0.1, 0.15) is 0 Å². The van der Waals surface area contributed by atoms with Crippen LogP contribution in [0, 0.1) is 0 Å². The smallest absolute Gasteiger partial charge is 0.338 e. The van der Waals surface area contributed by atoms with Gasteiger partial charge >= 0.3 is 5.97 Å². The van der Waals surface area contributed by atoms with Crippen LogP contribution in [0.5, 0.6) is 0 Å². The van der Waals surface area contributed by atoms with Crippen molar-refractivity contribution in [3.05, 3.63) is 41.0 Å². The molecule has 110 valence electrons. The van der Waals surface area contributed by atoms with Crippen LogP contribution >= 0.6 is 0 Å². The summed E-state index contributed by atoms with van der Waals surface area (Å²) in [5.41, 5.74) is 4.49. The molecule has 0 aliphatic carbocycles. The highest BCUT2D eigenvalue weighted by Crippen LogP contribution is 2.29. The molecule has 0 aromatic heterocycles. The SMILES string of the molecule is CCOC(=O)c1cccc(C(C[Si](C)(C)C)=C(C)C)c1. The largest absolute Gasteiger partial charge is 0.462 e. The van der Waals surface area contributed by atoms with Crippen LogP contribution in [0.2, 0.25) is 25.7 Å². The van der Waals surface area contributed by atoms with Crippen LogP contribution in [0.25, 0.3) is 5.57 Å². The highest BCUT2D eigenvalue weighted by molar-refractivity contribution is 6.77. The summed E-state index contributed by atoms with van der Waals surface area (Å²) < 4.78 is 5.08. The second-order valence-corrected chi connectivity index (χ2v) is 12.0. The molecule has 0 bridgehead atoms. The minimum absolute atomic E-state index is 0.240. The molecule has 0 saturated carbocycles. The fraction of sp³-hybridized carbons (Fsp3) is 0.471. The molecule has 0 aliphatic heterocycles. The van der Waals surface area contributed by atoms with E-state index in [1.165, 1.54) is 11.1 Å². The monoisotopic (exact) mass is 290 g/mol. The van der Waals surface area contributed by atoms with E-state index in [0.29, 0.717) is 12.2 Å². The molecule has 0 saturated heterocycles. The Kier molecular flexibility index (Phi) is 5.75. The van der Waals surface area contributed by atoms with Gasteiger partial charge in [0.05, 0.1) is 12.2 Å². The third-order valence-electron chi connectivity index (χ3n) is 3.03. The van der Waals surface area contributed by atoms with Crippen molar-refractivity contribution in [2.75, 3.05) is 6.61 Å². The number of rotatable bonds is 5. The number of ether oxygens (including phenoxy) is 1. The lowest BCUT2D eigenvalue weighted by Crippen LogP contribution is -2.20. The molecule has 0 N–H and O–H groups in total. The fourth-order valence-electron chi connectivity index (χ4n) is 2.15. The zero-order chi connectivity index (χ0) is 15.3. The zero-order valence-electron chi connectivity index (χ0n) is 13.5. The number of allylic oxidation sites excluding steroid dienone is 2. The van der Waals surface area contributed by atoms with Crippen LogP contribution in [0.4, 0.5) is 0 Å². The molecule has 0 heterocycles. The van der Waals surface area contributed by atoms with Gasteiger partial charge in [-0.25, -0.2) is 4.79 Å². The van der Waals surface area contributed by atoms with Crippen molar-refractivity contribution in [2.24, 2.45) is 0 Å². The summed E-state index contributed by atoms with van der Waals surface area (Å²) in [5.74, 6) is -0.240. The molecule has 0 atom stereocenters. The van der Waals surface area contributed by atoms with Crippen molar-refractivity contribution in [2.45, 2.75) is 46.5 Å². The first-order chi connectivity index (χ1) is 9.24. The molecule has 0 spiro atoms. The molecule has 0 radical (unpaired) electrons. The van der Waals surface area contributed by atoms with E-state index in [1.807, 2.05) is 25.1 Å². The van der Waals surface area contributed by atoms with Crippen LogP contribution < -0.4 is 0 Å². The summed E-state index contributed by atoms with van der Waals surface area (Å²) in [4.78, 5) is 11.8. The van der Waals surface area contributed by atoms with Gasteiger partial charge < -0.3 is 4.74 Å². The topological polar surface area (TPSA) is 26.3 Å². The van der Waals surface area contributed by atoms with Crippen LogP contribution in [0.1, 0.15) is 36.7 Å². The second kappa shape index (κ2) is 6.89. The highest BCUT2D eigenvalue weighted by atomic mass is 28.3. The minimum atomic E-state index is -1.20. The van der Waals surface area contributed by atoms with Gasteiger partial charge in [0.2, 0.25) is 0 Å². The van der Waals surface area contributed by atoms with Crippen LogP contribution in [-0.4, -0.2) is 20.7 Å². The molecule has 0 fully saturated rings. The van der Waals surface area contributed by atoms with Crippen LogP contribution in [0.3, 0.4) is 0 Å². The standard InChI is InChI=1S/C17H26O2Si/c1-7-19-17(18)15-10-8-9-14(11-15)16(13(2)3)12-20(4,5)6/h8-11H,7,12H2,1-6H3. The first-order valence-corrected chi connectivity index (χ1v) is 10.9. The Morgan fingerprint density at radius 3 is 2.25 bits per heavy atom. The lowest BCUT2D eigenvalue weighted by atomic mass is 10.0. The van der Waals surface area contributed by atoms with Gasteiger partial charge in [-0.1, -0.05) is 37.3 Å². The Morgan fingerprint density at radius 1 is 1.15 bits per heavy atom. The van der Waals surface area contributed by atoms with Crippen LogP contribution in [-0.2, 0) is 4.74 Å². The predicted molar refractivity (Wildman–Crippen MR) is 88.8 cm³/mol. The molecular weight excluding hydrogens is 264 g/mol. The van der Waals surface area contributed by atoms with Gasteiger partial charge in [-0.3, -0.25) is 0 Å². The van der Waals surface area contributed by atoms with Crippen molar-refractivity contribution < 1.29 is 9.53 Å². The van der Waals surface area contributed by atoms with Crippen molar-refractivity contribution in [3.8, 4) is 0 Å². The number of carbonyl (C=O) groups excluding carboxylic acids is 1. The summed E-state index contributed by atoms with van der Waals surface area (Å²) in [6.07, 6.45) is 0. The van der Waals surface area contributed by atoms with E-state index in [-0.39, 0.29) is 5.97 Å². The Hall–Kier alpha value is -1.35. The van der Waals surface area contributed by atoms with Crippen molar-refractivity contribution in [1.82, 2.24) is 0 Å². The van der Waals surface area contributed by atoms with Gasteiger partial charge in [-0.15, -0.1) is 0 Å². The van der Waals surface area contributed by atoms with Gasteiger partial charge in [-0.05, 0) is 50.1 Å². The van der Waals surface area contributed by atoms with Gasteiger partial charge in [0.25, 0.3) is 0 Å². The third kappa shape index (κ3) is 4.97. The molecule has 0 aliphatic rings. The maximum atomic E-state index is 11.8. The summed E-state index contributed by atoms with van der Waals surface area (Å²) in [7, 11) is -1.20. The molecular formula is C17H26O2Si. The predicted octanol–water partition coefficient (Wildman–Crippen LogP) is 4.99. The number of esters is 1. The zero-order valence-corrected chi connectivity index (χ0v) is 14.5. The minimum Gasteiger partial charge on any atom is -0.462 e. The summed E-state index contributed by atoms with van der Waals surface area (Å²) >= 11 is 0. The summed E-state index contributed by atoms with van der Waals surface area (Å²) in [5, 5.41) is 0. The van der Waals surface area contributed by atoms with Crippen molar-refractivity contribution >= 4 is 19.6 Å². The maximum Gasteiger partial charge on any atom is 0.338 e. The molecule has 0 unspecified atom stereocenters. The van der Waals surface area contributed by atoms with Crippen molar-refractivity contribution in [1.29, 1.82) is 0 Å². The van der Waals surface area contributed by atoms with E-state index in [0.717, 1.165) is 11.6 Å². The van der Waals surface area contributed by atoms with E-state index in [1.54, 1.807) is 0 Å². The van der Waals surface area contributed by atoms with E-state index in [4.69, 9.17) is 4.74 Å². The third-order valence-corrected chi connectivity index (χ3v) is 4.45. The molecule has 2 nitrogen and oxygen atoms in total. The number of hydrogen-bond donors (Lipinski definition) is 0. The van der Waals surface area contributed by atoms with Gasteiger partial charge in [0, 0.05) is 8.07 Å². The lowest BCUT2D eigenvalue weighted by molar-refractivity contribution is 0.0526. The molecule has 1 aromatic carbocycles. The second-order valence-electron chi connectivity index (χ2n) is 6.52. The Balaban J connectivity index is 3.14. The summed E-state index contributed by atoms with van der Waals surface area (Å²) in [6.45, 7) is 13.6. The van der Waals surface area contributed by atoms with E-state index in [2.05, 4.69) is 39.6 Å². The average molecular weight is 290 g/mol. The normalized spacial score (nSPS) is 11.1. The maximum absolute atomic E-state index is 11.8. The molecule has 20 heavy (non-hydrogen) atoms. The Bertz CT molecular complexity index is 506. The van der Waals surface area contributed by atoms with Crippen LogP contribution in [0.15, 0.2) is 29.8 Å². The molecule has 0 amide bonds. The first kappa shape index (κ1) is 16.7. The molecule has 3 heteroatoms. The number of hydrogen-bond acceptors (Lipinski definition) is 2. The van der Waals surface area contributed by atoms with Gasteiger partial charge in [-0.2, -0.15) is 0 Å². The van der Waals surface area contributed by atoms with E-state index in [9.17, 15) is 4.79 Å². The Morgan fingerprint density at radius 2 is 1.75 bits per heavy atom. The highest BCUT2D eigenvalue weighted by Gasteiger charge is 2.18. The van der Waals surface area contributed by atoms with Crippen molar-refractivity contribution in [3.63, 3.8) is 0 Å². The number of carbonyl (C=O) groups is 1. The average Bonchev–Trinajstić information content (AvgIpc) is 2.35. The Labute approximate surface area is 123 Å². The fourth-order valence-corrected chi connectivity index (χ4v) is 3.76. The summed E-state index contributed by atoms with van der Waals surface area (Å²) in [6, 6.07) is 8.93. The quantitative estimate of drug-likeness (QED) is 0.564. The van der Waals surface area contributed by atoms with Gasteiger partial charge in [0.15, 0.2) is 0 Å². The molecule has 1 aromatic rings. The first-order valence-electron chi connectivity index (χ1n) is 7.18. The lowest BCUT2D eigenvalue weighted by Gasteiger charge is -2.20.